The predicted octanol–water partition coefficient (Wildman–Crippen LogP) is 2.93. The van der Waals surface area contributed by atoms with E-state index < -0.39 is 16.6 Å². The van der Waals surface area contributed by atoms with E-state index in [0.717, 1.165) is 18.2 Å². The van der Waals surface area contributed by atoms with E-state index in [4.69, 9.17) is 0 Å². The highest BCUT2D eigenvalue weighted by Crippen LogP contribution is 2.21. The first-order chi connectivity index (χ1) is 12.9. The molecule has 0 fully saturated rings. The normalized spacial score (nSPS) is 10.7. The lowest BCUT2D eigenvalue weighted by Gasteiger charge is -2.06. The van der Waals surface area contributed by atoms with Gasteiger partial charge in [-0.2, -0.15) is 0 Å². The fourth-order valence-electron chi connectivity index (χ4n) is 2.60. The monoisotopic (exact) mass is 370 g/mol. The van der Waals surface area contributed by atoms with Crippen LogP contribution in [-0.4, -0.2) is 20.8 Å². The van der Waals surface area contributed by atoms with Crippen LogP contribution in [0.3, 0.4) is 0 Å². The number of nitro groups is 1. The first-order valence-corrected chi connectivity index (χ1v) is 8.16. The van der Waals surface area contributed by atoms with E-state index in [2.05, 4.69) is 15.3 Å². The second-order valence-electron chi connectivity index (χ2n) is 5.85. The molecule has 1 aromatic heterocycles. The molecule has 0 radical (unpaired) electrons. The molecule has 3 aromatic rings. The Bertz CT molecular complexity index is 1080. The summed E-state index contributed by atoms with van der Waals surface area (Å²) in [5.74, 6) is -0.792. The summed E-state index contributed by atoms with van der Waals surface area (Å²) in [7, 11) is 0. The van der Waals surface area contributed by atoms with Crippen LogP contribution in [0.15, 0.2) is 47.3 Å². The molecule has 0 spiro atoms. The number of carbonyl (C=O) groups excluding carboxylic acids is 1. The fourth-order valence-corrected chi connectivity index (χ4v) is 2.60. The molecule has 1 amide bonds. The average molecular weight is 370 g/mol. The molecule has 3 rings (SSSR count). The van der Waals surface area contributed by atoms with Crippen LogP contribution in [0.1, 0.15) is 18.7 Å². The van der Waals surface area contributed by atoms with Gasteiger partial charge in [-0.3, -0.25) is 19.7 Å². The molecule has 8 nitrogen and oxygen atoms in total. The van der Waals surface area contributed by atoms with E-state index in [9.17, 15) is 24.1 Å². The van der Waals surface area contributed by atoms with Crippen LogP contribution in [0.2, 0.25) is 0 Å². The number of nitrogens with one attached hydrogen (secondary N) is 2. The van der Waals surface area contributed by atoms with Crippen LogP contribution in [-0.2, 0) is 11.2 Å². The molecular formula is C18H15FN4O4. The van der Waals surface area contributed by atoms with Crippen molar-refractivity contribution in [1.82, 2.24) is 9.97 Å². The van der Waals surface area contributed by atoms with E-state index in [0.29, 0.717) is 29.6 Å². The van der Waals surface area contributed by atoms with Crippen molar-refractivity contribution in [3.63, 3.8) is 0 Å². The Morgan fingerprint density at radius 3 is 2.81 bits per heavy atom. The van der Waals surface area contributed by atoms with Gasteiger partial charge in [0.05, 0.1) is 21.5 Å². The smallest absolute Gasteiger partial charge is 0.271 e. The quantitative estimate of drug-likeness (QED) is 0.511. The Morgan fingerprint density at radius 1 is 1.26 bits per heavy atom. The summed E-state index contributed by atoms with van der Waals surface area (Å²) in [5.41, 5.74) is -0.242. The summed E-state index contributed by atoms with van der Waals surface area (Å²) < 4.78 is 13.7. The minimum Gasteiger partial charge on any atom is -0.323 e. The Balaban J connectivity index is 1.61. The number of nitro benzene ring substituents is 1. The second-order valence-corrected chi connectivity index (χ2v) is 5.85. The van der Waals surface area contributed by atoms with Crippen molar-refractivity contribution in [1.29, 1.82) is 0 Å². The number of hydrogen-bond acceptors (Lipinski definition) is 5. The van der Waals surface area contributed by atoms with Gasteiger partial charge in [-0.05, 0) is 24.6 Å². The van der Waals surface area contributed by atoms with Gasteiger partial charge in [0.2, 0.25) is 5.91 Å². The zero-order valence-corrected chi connectivity index (χ0v) is 14.1. The lowest BCUT2D eigenvalue weighted by molar-refractivity contribution is -0.384. The fraction of sp³-hybridized carbons (Fsp3) is 0.167. The van der Waals surface area contributed by atoms with Crippen LogP contribution in [0.25, 0.3) is 10.9 Å². The summed E-state index contributed by atoms with van der Waals surface area (Å²) in [6.45, 7) is 0. The Morgan fingerprint density at radius 2 is 2.04 bits per heavy atom. The number of nitrogens with zero attached hydrogens (tertiary/aromatic N) is 2. The number of H-pyrrole nitrogens is 1. The number of benzene rings is 2. The minimum atomic E-state index is -0.755. The highest BCUT2D eigenvalue weighted by Gasteiger charge is 2.13. The number of aromatic amines is 1. The number of para-hydroxylation sites is 1. The molecule has 0 aliphatic heterocycles. The Labute approximate surface area is 152 Å². The van der Waals surface area contributed by atoms with E-state index in [1.165, 1.54) is 0 Å². The predicted molar refractivity (Wildman–Crippen MR) is 97.0 cm³/mol. The van der Waals surface area contributed by atoms with Gasteiger partial charge in [0.25, 0.3) is 11.2 Å². The number of aromatic nitrogens is 2. The molecule has 138 valence electrons. The molecule has 9 heteroatoms. The molecule has 0 bridgehead atoms. The van der Waals surface area contributed by atoms with Crippen molar-refractivity contribution in [2.24, 2.45) is 0 Å². The van der Waals surface area contributed by atoms with Crippen LogP contribution in [0.5, 0.6) is 0 Å². The van der Waals surface area contributed by atoms with Gasteiger partial charge in [-0.25, -0.2) is 9.37 Å². The van der Waals surface area contributed by atoms with Crippen LogP contribution < -0.4 is 10.9 Å². The maximum absolute atomic E-state index is 13.7. The van der Waals surface area contributed by atoms with Gasteiger partial charge in [0, 0.05) is 25.0 Å². The minimum absolute atomic E-state index is 0.0403. The largest absolute Gasteiger partial charge is 0.323 e. The van der Waals surface area contributed by atoms with Gasteiger partial charge in [0.1, 0.15) is 11.6 Å². The third-order valence-electron chi connectivity index (χ3n) is 3.91. The molecule has 2 N–H and O–H groups in total. The zero-order chi connectivity index (χ0) is 19.4. The lowest BCUT2D eigenvalue weighted by atomic mass is 10.2. The third-order valence-corrected chi connectivity index (χ3v) is 3.91. The summed E-state index contributed by atoms with van der Waals surface area (Å²) in [5, 5.41) is 13.5. The summed E-state index contributed by atoms with van der Waals surface area (Å²) in [4.78, 5) is 41.0. The molecule has 1 heterocycles. The molecular weight excluding hydrogens is 355 g/mol. The highest BCUT2D eigenvalue weighted by atomic mass is 19.1. The van der Waals surface area contributed by atoms with Gasteiger partial charge >= 0.3 is 0 Å². The van der Waals surface area contributed by atoms with Crippen molar-refractivity contribution in [2.75, 3.05) is 5.32 Å². The number of rotatable bonds is 6. The van der Waals surface area contributed by atoms with Crippen molar-refractivity contribution in [3.8, 4) is 0 Å². The summed E-state index contributed by atoms with van der Waals surface area (Å²) in [6, 6.07) is 9.84. The number of hydrogen-bond donors (Lipinski definition) is 2. The number of anilines is 1. The molecule has 0 aliphatic carbocycles. The van der Waals surface area contributed by atoms with Gasteiger partial charge in [0.15, 0.2) is 0 Å². The van der Waals surface area contributed by atoms with E-state index >= 15 is 0 Å². The van der Waals surface area contributed by atoms with E-state index in [-0.39, 0.29) is 23.4 Å². The molecule has 0 saturated heterocycles. The number of amides is 1. The van der Waals surface area contributed by atoms with E-state index in [1.54, 1.807) is 24.3 Å². The highest BCUT2D eigenvalue weighted by molar-refractivity contribution is 5.91. The molecule has 2 aromatic carbocycles. The first-order valence-electron chi connectivity index (χ1n) is 8.16. The molecule has 0 aliphatic rings. The number of carbonyl (C=O) groups is 1. The maximum atomic E-state index is 13.7. The van der Waals surface area contributed by atoms with Crippen LogP contribution in [0, 0.1) is 15.9 Å². The van der Waals surface area contributed by atoms with E-state index in [1.807, 2.05) is 0 Å². The van der Waals surface area contributed by atoms with Gasteiger partial charge in [-0.15, -0.1) is 0 Å². The summed E-state index contributed by atoms with van der Waals surface area (Å²) >= 11 is 0. The topological polar surface area (TPSA) is 118 Å². The number of fused-ring (bicyclic) bond motifs is 1. The first kappa shape index (κ1) is 18.2. The number of non-ortho nitro benzene ring substituents is 1. The van der Waals surface area contributed by atoms with Crippen LogP contribution in [0.4, 0.5) is 15.8 Å². The molecule has 0 saturated carbocycles. The van der Waals surface area contributed by atoms with Crippen LogP contribution >= 0.6 is 0 Å². The SMILES string of the molecule is O=C(CCCc1nc2ccccc2c(=O)[nH]1)Nc1cc([N+](=O)[O-])ccc1F. The molecule has 0 unspecified atom stereocenters. The second kappa shape index (κ2) is 7.73. The zero-order valence-electron chi connectivity index (χ0n) is 14.1. The number of halogens is 1. The lowest BCUT2D eigenvalue weighted by Crippen LogP contribution is -2.15. The third kappa shape index (κ3) is 4.32. The summed E-state index contributed by atoms with van der Waals surface area (Å²) in [6.07, 6.45) is 0.757. The van der Waals surface area contributed by atoms with Crippen molar-refractivity contribution < 1.29 is 14.1 Å². The molecule has 27 heavy (non-hydrogen) atoms. The number of aryl methyl sites for hydroxylation is 1. The molecule has 0 atom stereocenters. The van der Waals surface area contributed by atoms with Gasteiger partial charge in [-0.1, -0.05) is 12.1 Å². The Hall–Kier alpha value is -3.62. The standard InChI is InChI=1S/C18H15FN4O4/c19-13-9-8-11(23(26)27)10-15(13)21-17(24)7-3-6-16-20-14-5-2-1-4-12(14)18(25)22-16/h1-2,4-5,8-10H,3,6-7H2,(H,21,24)(H,20,22,25). The van der Waals surface area contributed by atoms with Crippen molar-refractivity contribution in [3.05, 3.63) is 74.6 Å². The van der Waals surface area contributed by atoms with Gasteiger partial charge < -0.3 is 10.3 Å². The average Bonchev–Trinajstić information content (AvgIpc) is 2.63. The van der Waals surface area contributed by atoms with Crippen molar-refractivity contribution in [2.45, 2.75) is 19.3 Å². The maximum Gasteiger partial charge on any atom is 0.271 e. The Kier molecular flexibility index (Phi) is 5.20. The van der Waals surface area contributed by atoms with Crippen molar-refractivity contribution >= 4 is 28.2 Å².